The Morgan fingerprint density at radius 1 is 1.11 bits per heavy atom. The van der Waals surface area contributed by atoms with Crippen molar-refractivity contribution in [2.24, 2.45) is 0 Å². The molecular formula is C22H26N2O3S. The van der Waals surface area contributed by atoms with E-state index < -0.39 is 0 Å². The fourth-order valence-corrected chi connectivity index (χ4v) is 5.16. The Balaban J connectivity index is 1.55. The molecule has 1 aromatic heterocycles. The Labute approximate surface area is 169 Å². The minimum Gasteiger partial charge on any atom is -0.376 e. The average molecular weight is 399 g/mol. The van der Waals surface area contributed by atoms with Gasteiger partial charge in [-0.05, 0) is 63.1 Å². The lowest BCUT2D eigenvalue weighted by Crippen LogP contribution is -2.32. The smallest absolute Gasteiger partial charge is 0.256 e. The minimum absolute atomic E-state index is 0.101. The van der Waals surface area contributed by atoms with Crippen molar-refractivity contribution >= 4 is 28.2 Å². The number of amides is 2. The van der Waals surface area contributed by atoms with Crippen LogP contribution in [0.15, 0.2) is 24.3 Å². The molecule has 1 unspecified atom stereocenters. The van der Waals surface area contributed by atoms with Crippen LogP contribution >= 0.6 is 11.3 Å². The summed E-state index contributed by atoms with van der Waals surface area (Å²) in [6.45, 7) is 3.28. The van der Waals surface area contributed by atoms with E-state index in [0.717, 1.165) is 56.3 Å². The van der Waals surface area contributed by atoms with E-state index in [1.807, 2.05) is 31.2 Å². The van der Waals surface area contributed by atoms with Crippen LogP contribution < -0.4 is 10.6 Å². The molecule has 4 rings (SSSR count). The van der Waals surface area contributed by atoms with Crippen LogP contribution in [0.1, 0.15) is 62.4 Å². The van der Waals surface area contributed by atoms with Gasteiger partial charge < -0.3 is 15.4 Å². The molecule has 0 spiro atoms. The third kappa shape index (κ3) is 4.13. The molecule has 28 heavy (non-hydrogen) atoms. The van der Waals surface area contributed by atoms with Gasteiger partial charge in [0.25, 0.3) is 11.8 Å². The highest BCUT2D eigenvalue weighted by Crippen LogP contribution is 2.38. The number of hydrogen-bond donors (Lipinski definition) is 2. The van der Waals surface area contributed by atoms with Gasteiger partial charge in [0.1, 0.15) is 5.00 Å². The van der Waals surface area contributed by atoms with Gasteiger partial charge >= 0.3 is 0 Å². The molecular weight excluding hydrogens is 372 g/mol. The summed E-state index contributed by atoms with van der Waals surface area (Å²) in [7, 11) is 0. The number of benzene rings is 1. The first kappa shape index (κ1) is 19.2. The van der Waals surface area contributed by atoms with Gasteiger partial charge in [0.05, 0.1) is 11.7 Å². The monoisotopic (exact) mass is 398 g/mol. The van der Waals surface area contributed by atoms with Crippen molar-refractivity contribution in [1.82, 2.24) is 5.32 Å². The zero-order valence-electron chi connectivity index (χ0n) is 16.2. The lowest BCUT2D eigenvalue weighted by molar-refractivity contribution is 0.0858. The maximum Gasteiger partial charge on any atom is 0.256 e. The van der Waals surface area contributed by atoms with Gasteiger partial charge in [0, 0.05) is 23.6 Å². The molecule has 148 valence electrons. The van der Waals surface area contributed by atoms with Gasteiger partial charge in [-0.15, -0.1) is 11.3 Å². The molecule has 1 saturated heterocycles. The number of carbonyl (C=O) groups excluding carboxylic acids is 2. The third-order valence-electron chi connectivity index (χ3n) is 5.45. The topological polar surface area (TPSA) is 67.4 Å². The van der Waals surface area contributed by atoms with E-state index in [4.69, 9.17) is 4.74 Å². The van der Waals surface area contributed by atoms with Crippen molar-refractivity contribution in [2.45, 2.75) is 51.6 Å². The van der Waals surface area contributed by atoms with Gasteiger partial charge in [0.15, 0.2) is 0 Å². The fourth-order valence-electron chi connectivity index (χ4n) is 3.87. The third-order valence-corrected chi connectivity index (χ3v) is 6.66. The first-order chi connectivity index (χ1) is 13.6. The number of carbonyl (C=O) groups is 2. The number of fused-ring (bicyclic) bond motifs is 1. The summed E-state index contributed by atoms with van der Waals surface area (Å²) >= 11 is 1.55. The summed E-state index contributed by atoms with van der Waals surface area (Å²) < 4.78 is 5.61. The molecule has 1 aliphatic carbocycles. The largest absolute Gasteiger partial charge is 0.376 e. The molecule has 2 N–H and O–H groups in total. The predicted molar refractivity (Wildman–Crippen MR) is 111 cm³/mol. The predicted octanol–water partition coefficient (Wildman–Crippen LogP) is 4.10. The highest BCUT2D eigenvalue weighted by atomic mass is 32.1. The van der Waals surface area contributed by atoms with Gasteiger partial charge in [-0.1, -0.05) is 17.7 Å². The first-order valence-electron chi connectivity index (χ1n) is 10.0. The maximum absolute atomic E-state index is 13.0. The Morgan fingerprint density at radius 3 is 2.64 bits per heavy atom. The normalized spacial score (nSPS) is 18.5. The highest BCUT2D eigenvalue weighted by Gasteiger charge is 2.27. The second-order valence-corrected chi connectivity index (χ2v) is 8.69. The van der Waals surface area contributed by atoms with Crippen LogP contribution in [-0.2, 0) is 17.6 Å². The number of nitrogens with one attached hydrogen (secondary N) is 2. The number of anilines is 1. The summed E-state index contributed by atoms with van der Waals surface area (Å²) in [5.74, 6) is -0.277. The lowest BCUT2D eigenvalue weighted by Gasteiger charge is -2.15. The van der Waals surface area contributed by atoms with Crippen LogP contribution in [0.4, 0.5) is 5.00 Å². The fraction of sp³-hybridized carbons (Fsp3) is 0.455. The first-order valence-corrected chi connectivity index (χ1v) is 10.9. The number of rotatable bonds is 5. The maximum atomic E-state index is 13.0. The van der Waals surface area contributed by atoms with E-state index >= 15 is 0 Å². The summed E-state index contributed by atoms with van der Waals surface area (Å²) in [6, 6.07) is 7.47. The molecule has 0 bridgehead atoms. The summed E-state index contributed by atoms with van der Waals surface area (Å²) in [5.41, 5.74) is 3.47. The van der Waals surface area contributed by atoms with Crippen LogP contribution in [0.5, 0.6) is 0 Å². The molecule has 2 heterocycles. The van der Waals surface area contributed by atoms with Gasteiger partial charge in [0.2, 0.25) is 0 Å². The molecule has 0 radical (unpaired) electrons. The lowest BCUT2D eigenvalue weighted by atomic mass is 9.95. The van der Waals surface area contributed by atoms with Crippen LogP contribution in [0.25, 0.3) is 0 Å². The Morgan fingerprint density at radius 2 is 1.89 bits per heavy atom. The SMILES string of the molecule is Cc1ccc(C(=O)Nc2sc3c(c2C(=O)NCC2CCCO2)CCCC3)cc1. The molecule has 2 aromatic rings. The summed E-state index contributed by atoms with van der Waals surface area (Å²) in [4.78, 5) is 27.0. The Kier molecular flexibility index (Phi) is 5.78. The number of ether oxygens (including phenoxy) is 1. The average Bonchev–Trinajstić information content (AvgIpc) is 3.34. The molecule has 2 amide bonds. The molecule has 5 nitrogen and oxygen atoms in total. The van der Waals surface area contributed by atoms with Crippen LogP contribution in [-0.4, -0.2) is 31.1 Å². The van der Waals surface area contributed by atoms with Gasteiger partial charge in [-0.3, -0.25) is 9.59 Å². The van der Waals surface area contributed by atoms with Crippen LogP contribution in [0.2, 0.25) is 0 Å². The van der Waals surface area contributed by atoms with E-state index in [1.165, 1.54) is 4.88 Å². The van der Waals surface area contributed by atoms with E-state index in [9.17, 15) is 9.59 Å². The zero-order valence-corrected chi connectivity index (χ0v) is 17.0. The standard InChI is InChI=1S/C22H26N2O3S/c1-14-8-10-15(11-9-14)20(25)24-22-19(17-6-2-3-7-18(17)28-22)21(26)23-13-16-5-4-12-27-16/h8-11,16H,2-7,12-13H2,1H3,(H,23,26)(H,24,25). The molecule has 1 aromatic carbocycles. The Bertz CT molecular complexity index is 867. The number of thiophene rings is 1. The van der Waals surface area contributed by atoms with Crippen molar-refractivity contribution in [3.05, 3.63) is 51.4 Å². The van der Waals surface area contributed by atoms with Crippen molar-refractivity contribution in [3.8, 4) is 0 Å². The van der Waals surface area contributed by atoms with Crippen molar-refractivity contribution in [2.75, 3.05) is 18.5 Å². The van der Waals surface area contributed by atoms with Crippen LogP contribution in [0, 0.1) is 6.92 Å². The molecule has 6 heteroatoms. The highest BCUT2D eigenvalue weighted by molar-refractivity contribution is 7.17. The van der Waals surface area contributed by atoms with Crippen molar-refractivity contribution in [1.29, 1.82) is 0 Å². The molecule has 1 atom stereocenters. The second kappa shape index (κ2) is 8.45. The van der Waals surface area contributed by atoms with Gasteiger partial charge in [-0.2, -0.15) is 0 Å². The number of hydrogen-bond acceptors (Lipinski definition) is 4. The zero-order chi connectivity index (χ0) is 19.5. The Hall–Kier alpha value is -2.18. The molecule has 1 fully saturated rings. The summed E-state index contributed by atoms with van der Waals surface area (Å²) in [6.07, 6.45) is 6.23. The number of aryl methyl sites for hydroxylation is 2. The molecule has 0 saturated carbocycles. The quantitative estimate of drug-likeness (QED) is 0.797. The second-order valence-electron chi connectivity index (χ2n) is 7.58. The van der Waals surface area contributed by atoms with E-state index in [-0.39, 0.29) is 17.9 Å². The van der Waals surface area contributed by atoms with Crippen LogP contribution in [0.3, 0.4) is 0 Å². The van der Waals surface area contributed by atoms with E-state index in [0.29, 0.717) is 22.7 Å². The van der Waals surface area contributed by atoms with E-state index in [1.54, 1.807) is 11.3 Å². The van der Waals surface area contributed by atoms with E-state index in [2.05, 4.69) is 10.6 Å². The molecule has 1 aliphatic heterocycles. The molecule has 2 aliphatic rings. The minimum atomic E-state index is -0.174. The van der Waals surface area contributed by atoms with Crippen molar-refractivity contribution < 1.29 is 14.3 Å². The summed E-state index contributed by atoms with van der Waals surface area (Å²) in [5, 5.41) is 6.70. The van der Waals surface area contributed by atoms with Crippen molar-refractivity contribution in [3.63, 3.8) is 0 Å². The van der Waals surface area contributed by atoms with Gasteiger partial charge in [-0.25, -0.2) is 0 Å².